The average molecular weight is 573 g/mol. The summed E-state index contributed by atoms with van der Waals surface area (Å²) in [6, 6.07) is 7.93. The molecule has 1 aliphatic heterocycles. The first-order chi connectivity index (χ1) is 19.1. The molecule has 0 amide bonds. The van der Waals surface area contributed by atoms with Gasteiger partial charge in [0.2, 0.25) is 0 Å². The Bertz CT molecular complexity index is 1040. The Kier molecular flexibility index (Phi) is 10.3. The minimum atomic E-state index is -0.400. The molecule has 5 atom stereocenters. The summed E-state index contributed by atoms with van der Waals surface area (Å²) in [5.41, 5.74) is 2.20. The number of halogens is 1. The minimum absolute atomic E-state index is 0.0479. The molecule has 0 bridgehead atoms. The molecule has 0 aromatic heterocycles. The lowest BCUT2D eigenvalue weighted by Gasteiger charge is -2.57. The molecule has 0 spiro atoms. The second-order valence-corrected chi connectivity index (χ2v) is 13.4. The van der Waals surface area contributed by atoms with E-state index in [9.17, 15) is 9.59 Å². The van der Waals surface area contributed by atoms with Gasteiger partial charge in [0.1, 0.15) is 0 Å². The van der Waals surface area contributed by atoms with Crippen LogP contribution in [0, 0.1) is 28.6 Å². The molecule has 7 heteroatoms. The molecule has 6 nitrogen and oxygen atoms in total. The number of hydrogen-bond donors (Lipinski definition) is 0. The zero-order valence-electron chi connectivity index (χ0n) is 25.1. The number of piperazine rings is 1. The molecule has 1 unspecified atom stereocenters. The molecule has 3 aliphatic rings. The summed E-state index contributed by atoms with van der Waals surface area (Å²) < 4.78 is 10.9. The van der Waals surface area contributed by atoms with Gasteiger partial charge in [-0.1, -0.05) is 44.0 Å². The fraction of sp³-hybridized carbons (Fsp3) is 0.697. The van der Waals surface area contributed by atoms with Crippen LogP contribution < -0.4 is 4.90 Å². The predicted octanol–water partition coefficient (Wildman–Crippen LogP) is 6.76. The number of nitrogens with zero attached hydrogens (tertiary/aromatic N) is 2. The summed E-state index contributed by atoms with van der Waals surface area (Å²) in [5, 5.41) is 0.745. The number of fused-ring (bicyclic) bond motifs is 1. The van der Waals surface area contributed by atoms with Crippen molar-refractivity contribution in [3.8, 4) is 0 Å². The highest BCUT2D eigenvalue weighted by molar-refractivity contribution is 6.30. The first-order valence-corrected chi connectivity index (χ1v) is 15.6. The lowest BCUT2D eigenvalue weighted by Crippen LogP contribution is -2.53. The minimum Gasteiger partial charge on any atom is -0.469 e. The lowest BCUT2D eigenvalue weighted by atomic mass is 9.46. The topological polar surface area (TPSA) is 59.1 Å². The highest BCUT2D eigenvalue weighted by Crippen LogP contribution is 2.62. The van der Waals surface area contributed by atoms with Crippen molar-refractivity contribution in [2.75, 3.05) is 51.3 Å². The maximum absolute atomic E-state index is 12.8. The van der Waals surface area contributed by atoms with Gasteiger partial charge in [-0.05, 0) is 99.3 Å². The van der Waals surface area contributed by atoms with Crippen molar-refractivity contribution in [3.63, 3.8) is 0 Å². The first kappa shape index (κ1) is 30.9. The van der Waals surface area contributed by atoms with Gasteiger partial charge in [0.25, 0.3) is 0 Å². The van der Waals surface area contributed by atoms with Gasteiger partial charge >= 0.3 is 11.9 Å². The Morgan fingerprint density at radius 1 is 1.10 bits per heavy atom. The van der Waals surface area contributed by atoms with Gasteiger partial charge in [-0.3, -0.25) is 14.5 Å². The van der Waals surface area contributed by atoms with E-state index in [0.717, 1.165) is 82.6 Å². The number of rotatable bonds is 10. The van der Waals surface area contributed by atoms with E-state index < -0.39 is 5.41 Å². The van der Waals surface area contributed by atoms with E-state index in [-0.39, 0.29) is 17.4 Å². The highest BCUT2D eigenvalue weighted by Gasteiger charge is 2.57. The molecule has 0 N–H and O–H groups in total. The Hall–Kier alpha value is -2.05. The molecule has 1 heterocycles. The van der Waals surface area contributed by atoms with Gasteiger partial charge in [0.15, 0.2) is 0 Å². The largest absolute Gasteiger partial charge is 0.469 e. The predicted molar refractivity (Wildman–Crippen MR) is 162 cm³/mol. The van der Waals surface area contributed by atoms with Crippen LogP contribution in [0.4, 0.5) is 5.69 Å². The normalized spacial score (nSPS) is 29.9. The van der Waals surface area contributed by atoms with Crippen molar-refractivity contribution in [2.24, 2.45) is 28.6 Å². The molecular formula is C33H49ClN2O4. The van der Waals surface area contributed by atoms with Crippen LogP contribution in [-0.4, -0.2) is 63.3 Å². The van der Waals surface area contributed by atoms with E-state index in [1.165, 1.54) is 18.4 Å². The highest BCUT2D eigenvalue weighted by atomic mass is 35.5. The molecule has 1 aromatic rings. The van der Waals surface area contributed by atoms with Gasteiger partial charge in [-0.25, -0.2) is 0 Å². The Labute approximate surface area is 246 Å². The molecule has 40 heavy (non-hydrogen) atoms. The zero-order chi connectivity index (χ0) is 28.9. The van der Waals surface area contributed by atoms with Gasteiger partial charge in [-0.15, -0.1) is 0 Å². The van der Waals surface area contributed by atoms with Gasteiger partial charge < -0.3 is 14.4 Å². The van der Waals surface area contributed by atoms with E-state index in [1.54, 1.807) is 0 Å². The van der Waals surface area contributed by atoms with Crippen molar-refractivity contribution in [3.05, 3.63) is 41.4 Å². The molecule has 1 aromatic carbocycles. The maximum atomic E-state index is 12.8. The van der Waals surface area contributed by atoms with E-state index >= 15 is 0 Å². The smallest absolute Gasteiger partial charge is 0.320 e. The molecule has 222 valence electrons. The van der Waals surface area contributed by atoms with Crippen molar-refractivity contribution in [1.82, 2.24) is 4.90 Å². The summed E-state index contributed by atoms with van der Waals surface area (Å²) in [6.45, 7) is 15.5. The van der Waals surface area contributed by atoms with Crippen molar-refractivity contribution in [2.45, 2.75) is 72.1 Å². The van der Waals surface area contributed by atoms with Crippen LogP contribution in [-0.2, 0) is 19.1 Å². The molecule has 4 rings (SSSR count). The number of esters is 2. The van der Waals surface area contributed by atoms with Gasteiger partial charge in [0, 0.05) is 36.9 Å². The molecule has 1 saturated heterocycles. The first-order valence-electron chi connectivity index (χ1n) is 15.2. The maximum Gasteiger partial charge on any atom is 0.320 e. The van der Waals surface area contributed by atoms with E-state index in [4.69, 9.17) is 21.1 Å². The summed E-state index contributed by atoms with van der Waals surface area (Å²) >= 11 is 6.01. The van der Waals surface area contributed by atoms with Crippen molar-refractivity contribution < 1.29 is 19.1 Å². The molecule has 0 radical (unpaired) electrons. The van der Waals surface area contributed by atoms with Gasteiger partial charge in [0.05, 0.1) is 25.7 Å². The number of carbonyl (C=O) groups is 2. The number of anilines is 1. The van der Waals surface area contributed by atoms with Crippen LogP contribution in [0.5, 0.6) is 0 Å². The van der Waals surface area contributed by atoms with Crippen molar-refractivity contribution >= 4 is 29.2 Å². The molecular weight excluding hydrogens is 524 g/mol. The molecule has 3 fully saturated rings. The second kappa shape index (κ2) is 13.3. The Balaban J connectivity index is 1.18. The number of carbonyl (C=O) groups excluding carboxylic acids is 2. The third kappa shape index (κ3) is 6.87. The van der Waals surface area contributed by atoms with Gasteiger partial charge in [-0.2, -0.15) is 0 Å². The summed E-state index contributed by atoms with van der Waals surface area (Å²) in [6.07, 6.45) is 8.17. The standard InChI is InChI=1S/C33H49ClN2O4/c1-24(7-13-28-25(2)8-14-29-32(28,3)16-6-17-33(29,4)31(38)39-5)15-22-40-30(37)23-35-18-20-36(21-19-35)27-11-9-26(34)10-12-27/h9-12,24,28-29H,2,6-8,13-23H2,1,3-5H3/t24-,28-,29?,32+,33-/m0/s1. The van der Waals surface area contributed by atoms with Crippen molar-refractivity contribution in [1.29, 1.82) is 0 Å². The molecule has 2 aliphatic carbocycles. The van der Waals surface area contributed by atoms with E-state index in [1.807, 2.05) is 24.3 Å². The Morgan fingerprint density at radius 2 is 1.80 bits per heavy atom. The third-order valence-corrected chi connectivity index (χ3v) is 10.7. The van der Waals surface area contributed by atoms with Crippen LogP contribution in [0.2, 0.25) is 5.02 Å². The van der Waals surface area contributed by atoms with Crippen LogP contribution >= 0.6 is 11.6 Å². The number of ether oxygens (including phenoxy) is 2. The van der Waals surface area contributed by atoms with E-state index in [0.29, 0.717) is 30.9 Å². The second-order valence-electron chi connectivity index (χ2n) is 13.0. The molecule has 2 saturated carbocycles. The SMILES string of the molecule is C=C1CCC2[C@](C)(CCC[C@]2(C)C(=O)OC)[C@H]1CC[C@H](C)CCOC(=O)CN1CCN(c2ccc(Cl)cc2)CC1. The third-order valence-electron chi connectivity index (χ3n) is 10.4. The van der Waals surface area contributed by atoms with E-state index in [2.05, 4.69) is 37.1 Å². The summed E-state index contributed by atoms with van der Waals surface area (Å²) in [7, 11) is 1.52. The average Bonchev–Trinajstić information content (AvgIpc) is 2.93. The van der Waals surface area contributed by atoms with Crippen LogP contribution in [0.1, 0.15) is 72.1 Å². The number of benzene rings is 1. The zero-order valence-corrected chi connectivity index (χ0v) is 25.8. The summed E-state index contributed by atoms with van der Waals surface area (Å²) in [5.74, 6) is 1.04. The van der Waals surface area contributed by atoms with Crippen LogP contribution in [0.3, 0.4) is 0 Å². The fourth-order valence-electron chi connectivity index (χ4n) is 7.97. The number of allylic oxidation sites excluding steroid dienone is 1. The monoisotopic (exact) mass is 572 g/mol. The van der Waals surface area contributed by atoms with Crippen LogP contribution in [0.15, 0.2) is 36.4 Å². The number of methoxy groups -OCH3 is 1. The fourth-order valence-corrected chi connectivity index (χ4v) is 8.10. The lowest BCUT2D eigenvalue weighted by molar-refractivity contribution is -0.168. The van der Waals surface area contributed by atoms with Crippen LogP contribution in [0.25, 0.3) is 0 Å². The number of hydrogen-bond acceptors (Lipinski definition) is 6. The quantitative estimate of drug-likeness (QED) is 0.228. The Morgan fingerprint density at radius 3 is 2.48 bits per heavy atom. The summed E-state index contributed by atoms with van der Waals surface area (Å²) in [4.78, 5) is 29.9.